The van der Waals surface area contributed by atoms with Gasteiger partial charge in [-0.25, -0.2) is 0 Å². The van der Waals surface area contributed by atoms with Crippen LogP contribution in [0.25, 0.3) is 0 Å². The molecule has 1 aromatic rings. The van der Waals surface area contributed by atoms with Gasteiger partial charge in [-0.05, 0) is 39.7 Å². The highest BCUT2D eigenvalue weighted by Crippen LogP contribution is 2.16. The van der Waals surface area contributed by atoms with Crippen molar-refractivity contribution in [2.45, 2.75) is 45.3 Å². The Balaban J connectivity index is 1.77. The van der Waals surface area contributed by atoms with Crippen molar-refractivity contribution in [2.75, 3.05) is 13.2 Å². The summed E-state index contributed by atoms with van der Waals surface area (Å²) in [6.45, 7) is 6.04. The van der Waals surface area contributed by atoms with E-state index < -0.39 is 0 Å². The van der Waals surface area contributed by atoms with Crippen LogP contribution >= 0.6 is 0 Å². The van der Waals surface area contributed by atoms with Crippen molar-refractivity contribution in [1.29, 1.82) is 0 Å². The molecule has 4 heteroatoms. The van der Waals surface area contributed by atoms with Crippen LogP contribution in [0.2, 0.25) is 0 Å². The van der Waals surface area contributed by atoms with Crippen molar-refractivity contribution in [2.24, 2.45) is 0 Å². The van der Waals surface area contributed by atoms with Gasteiger partial charge >= 0.3 is 0 Å². The molecule has 1 N–H and O–H groups in total. The molecule has 2 atom stereocenters. The summed E-state index contributed by atoms with van der Waals surface area (Å²) in [5.74, 6) is 0. The second kappa shape index (κ2) is 6.07. The molecule has 1 aromatic heterocycles. The molecule has 1 saturated heterocycles. The number of rotatable bonds is 5. The largest absolute Gasteiger partial charge is 0.378 e. The minimum Gasteiger partial charge on any atom is -0.378 e. The molecule has 0 radical (unpaired) electrons. The van der Waals surface area contributed by atoms with Crippen LogP contribution in [-0.4, -0.2) is 29.2 Å². The lowest BCUT2D eigenvalue weighted by Gasteiger charge is -2.16. The Hall–Kier alpha value is -1.00. The van der Waals surface area contributed by atoms with E-state index in [1.165, 1.54) is 12.8 Å². The van der Waals surface area contributed by atoms with Crippen LogP contribution < -0.4 is 5.32 Å². The zero-order valence-electron chi connectivity index (χ0n) is 10.6. The zero-order chi connectivity index (χ0) is 12.1. The highest BCUT2D eigenvalue weighted by Gasteiger charge is 2.16. The molecule has 2 heterocycles. The average molecular weight is 235 g/mol. The third-order valence-corrected chi connectivity index (χ3v) is 3.27. The van der Waals surface area contributed by atoms with Gasteiger partial charge in [-0.3, -0.25) is 9.97 Å². The number of nitrogens with zero attached hydrogens (tertiary/aromatic N) is 2. The van der Waals surface area contributed by atoms with E-state index in [-0.39, 0.29) is 6.04 Å². The summed E-state index contributed by atoms with van der Waals surface area (Å²) in [6.07, 6.45) is 7.45. The van der Waals surface area contributed by atoms with Gasteiger partial charge in [-0.1, -0.05) is 0 Å². The van der Waals surface area contributed by atoms with E-state index in [2.05, 4.69) is 22.2 Å². The van der Waals surface area contributed by atoms with Gasteiger partial charge in [0, 0.05) is 25.0 Å². The molecule has 2 rings (SSSR count). The fraction of sp³-hybridized carbons (Fsp3) is 0.692. The minimum atomic E-state index is 0.255. The number of aromatic nitrogens is 2. The Morgan fingerprint density at radius 1 is 1.47 bits per heavy atom. The Labute approximate surface area is 103 Å². The fourth-order valence-corrected chi connectivity index (χ4v) is 2.27. The standard InChI is InChI=1S/C13H21N3O/c1-10(13-11(2)15-7-8-16-13)14-6-5-12-4-3-9-17-12/h7-8,10,12,14H,3-6,9H2,1-2H3. The van der Waals surface area contributed by atoms with Gasteiger partial charge in [0.25, 0.3) is 0 Å². The average Bonchev–Trinajstić information content (AvgIpc) is 2.82. The van der Waals surface area contributed by atoms with Crippen molar-refractivity contribution in [3.63, 3.8) is 0 Å². The normalized spacial score (nSPS) is 21.6. The summed E-state index contributed by atoms with van der Waals surface area (Å²) >= 11 is 0. The maximum Gasteiger partial charge on any atom is 0.0782 e. The van der Waals surface area contributed by atoms with E-state index in [0.29, 0.717) is 6.10 Å². The maximum atomic E-state index is 5.60. The van der Waals surface area contributed by atoms with Gasteiger partial charge in [0.15, 0.2) is 0 Å². The Morgan fingerprint density at radius 3 is 3.00 bits per heavy atom. The summed E-state index contributed by atoms with van der Waals surface area (Å²) in [4.78, 5) is 8.63. The lowest BCUT2D eigenvalue weighted by Crippen LogP contribution is -2.24. The Kier molecular flexibility index (Phi) is 4.45. The lowest BCUT2D eigenvalue weighted by molar-refractivity contribution is 0.103. The summed E-state index contributed by atoms with van der Waals surface area (Å²) in [5.41, 5.74) is 2.05. The predicted molar refractivity (Wildman–Crippen MR) is 66.8 cm³/mol. The van der Waals surface area contributed by atoms with Crippen LogP contribution in [-0.2, 0) is 4.74 Å². The first-order valence-electron chi connectivity index (χ1n) is 6.40. The Morgan fingerprint density at radius 2 is 2.29 bits per heavy atom. The molecule has 0 amide bonds. The quantitative estimate of drug-likeness (QED) is 0.848. The number of hydrogen-bond donors (Lipinski definition) is 1. The highest BCUT2D eigenvalue weighted by molar-refractivity contribution is 5.12. The first kappa shape index (κ1) is 12.5. The zero-order valence-corrected chi connectivity index (χ0v) is 10.6. The second-order valence-electron chi connectivity index (χ2n) is 4.63. The number of ether oxygens (including phenoxy) is 1. The van der Waals surface area contributed by atoms with Crippen LogP contribution in [0.5, 0.6) is 0 Å². The molecule has 0 spiro atoms. The molecule has 0 aromatic carbocycles. The Bertz CT molecular complexity index is 350. The van der Waals surface area contributed by atoms with Crippen LogP contribution in [0, 0.1) is 6.92 Å². The third-order valence-electron chi connectivity index (χ3n) is 3.27. The number of nitrogens with one attached hydrogen (secondary N) is 1. The molecule has 1 fully saturated rings. The van der Waals surface area contributed by atoms with Gasteiger partial charge in [0.1, 0.15) is 0 Å². The van der Waals surface area contributed by atoms with Crippen molar-refractivity contribution in [1.82, 2.24) is 15.3 Å². The highest BCUT2D eigenvalue weighted by atomic mass is 16.5. The van der Waals surface area contributed by atoms with Crippen molar-refractivity contribution in [3.8, 4) is 0 Å². The van der Waals surface area contributed by atoms with E-state index in [4.69, 9.17) is 4.74 Å². The van der Waals surface area contributed by atoms with E-state index in [9.17, 15) is 0 Å². The van der Waals surface area contributed by atoms with Crippen LogP contribution in [0.3, 0.4) is 0 Å². The third kappa shape index (κ3) is 3.48. The number of aryl methyl sites for hydroxylation is 1. The van der Waals surface area contributed by atoms with Crippen LogP contribution in [0.15, 0.2) is 12.4 Å². The first-order chi connectivity index (χ1) is 8.27. The fourth-order valence-electron chi connectivity index (χ4n) is 2.27. The molecule has 0 bridgehead atoms. The molecule has 1 aliphatic rings. The summed E-state index contributed by atoms with van der Waals surface area (Å²) in [5, 5.41) is 3.48. The molecule has 2 unspecified atom stereocenters. The van der Waals surface area contributed by atoms with E-state index >= 15 is 0 Å². The van der Waals surface area contributed by atoms with Gasteiger partial charge < -0.3 is 10.1 Å². The topological polar surface area (TPSA) is 47.0 Å². The molecular formula is C13H21N3O. The molecule has 94 valence electrons. The molecular weight excluding hydrogens is 214 g/mol. The van der Waals surface area contributed by atoms with E-state index in [0.717, 1.165) is 31.0 Å². The molecule has 1 aliphatic heterocycles. The van der Waals surface area contributed by atoms with Crippen molar-refractivity contribution < 1.29 is 4.74 Å². The number of hydrogen-bond acceptors (Lipinski definition) is 4. The first-order valence-corrected chi connectivity index (χ1v) is 6.40. The summed E-state index contributed by atoms with van der Waals surface area (Å²) in [7, 11) is 0. The minimum absolute atomic E-state index is 0.255. The van der Waals surface area contributed by atoms with Gasteiger partial charge in [-0.15, -0.1) is 0 Å². The smallest absolute Gasteiger partial charge is 0.0782 e. The molecule has 17 heavy (non-hydrogen) atoms. The van der Waals surface area contributed by atoms with Crippen molar-refractivity contribution in [3.05, 3.63) is 23.8 Å². The molecule has 4 nitrogen and oxygen atoms in total. The molecule has 0 aliphatic carbocycles. The van der Waals surface area contributed by atoms with E-state index in [1.54, 1.807) is 12.4 Å². The second-order valence-corrected chi connectivity index (χ2v) is 4.63. The maximum absolute atomic E-state index is 5.60. The predicted octanol–water partition coefficient (Wildman–Crippen LogP) is 2.00. The van der Waals surface area contributed by atoms with Crippen LogP contribution in [0.1, 0.15) is 43.6 Å². The summed E-state index contributed by atoms with van der Waals surface area (Å²) in [6, 6.07) is 0.255. The van der Waals surface area contributed by atoms with Gasteiger partial charge in [0.2, 0.25) is 0 Å². The monoisotopic (exact) mass is 235 g/mol. The SMILES string of the molecule is Cc1nccnc1C(C)NCCC1CCCO1. The van der Waals surface area contributed by atoms with Gasteiger partial charge in [-0.2, -0.15) is 0 Å². The lowest BCUT2D eigenvalue weighted by atomic mass is 10.1. The summed E-state index contributed by atoms with van der Waals surface area (Å²) < 4.78 is 5.60. The van der Waals surface area contributed by atoms with Crippen LogP contribution in [0.4, 0.5) is 0 Å². The molecule has 0 saturated carbocycles. The van der Waals surface area contributed by atoms with E-state index in [1.807, 2.05) is 6.92 Å². The van der Waals surface area contributed by atoms with Crippen molar-refractivity contribution >= 4 is 0 Å². The van der Waals surface area contributed by atoms with Gasteiger partial charge in [0.05, 0.1) is 17.5 Å².